The van der Waals surface area contributed by atoms with Crippen molar-refractivity contribution in [3.63, 3.8) is 0 Å². The lowest BCUT2D eigenvalue weighted by Crippen LogP contribution is -2.11. The Kier molecular flexibility index (Phi) is 3.79. The predicted octanol–water partition coefficient (Wildman–Crippen LogP) is 4.87. The van der Waals surface area contributed by atoms with Gasteiger partial charge in [-0.1, -0.05) is 41.4 Å². The molecule has 0 spiro atoms. The summed E-state index contributed by atoms with van der Waals surface area (Å²) in [7, 11) is 3.59. The maximum Gasteiger partial charge on any atom is 0.154 e. The minimum atomic E-state index is -0.285. The van der Waals surface area contributed by atoms with Crippen LogP contribution < -0.4 is 4.90 Å². The fourth-order valence-electron chi connectivity index (χ4n) is 1.78. The van der Waals surface area contributed by atoms with Crippen molar-refractivity contribution in [1.29, 1.82) is 0 Å². The standard InChI is InChI=1S/C14H12Cl2FN/c1-18(2)13-5-3-4-11(14(13)17)10-7-6-9(15)8-12(10)16/h3-8H,1-2H3. The van der Waals surface area contributed by atoms with Crippen LogP contribution in [0.1, 0.15) is 0 Å². The van der Waals surface area contributed by atoms with Crippen LogP contribution in [-0.2, 0) is 0 Å². The van der Waals surface area contributed by atoms with Crippen LogP contribution in [-0.4, -0.2) is 14.1 Å². The van der Waals surface area contributed by atoms with Gasteiger partial charge in [-0.25, -0.2) is 4.39 Å². The average molecular weight is 284 g/mol. The maximum absolute atomic E-state index is 14.4. The molecule has 2 rings (SSSR count). The van der Waals surface area contributed by atoms with E-state index >= 15 is 0 Å². The van der Waals surface area contributed by atoms with E-state index in [0.717, 1.165) is 0 Å². The highest BCUT2D eigenvalue weighted by Gasteiger charge is 2.13. The molecule has 0 aliphatic carbocycles. The summed E-state index contributed by atoms with van der Waals surface area (Å²) in [5, 5.41) is 0.977. The van der Waals surface area contributed by atoms with Gasteiger partial charge in [-0.2, -0.15) is 0 Å². The van der Waals surface area contributed by atoms with Crippen molar-refractivity contribution < 1.29 is 4.39 Å². The Hall–Kier alpha value is -1.25. The van der Waals surface area contributed by atoms with Gasteiger partial charge in [0.15, 0.2) is 5.82 Å². The molecule has 0 N–H and O–H groups in total. The average Bonchev–Trinajstić information content (AvgIpc) is 2.30. The molecule has 1 nitrogen and oxygen atoms in total. The first-order chi connectivity index (χ1) is 8.50. The lowest BCUT2D eigenvalue weighted by molar-refractivity contribution is 0.629. The first-order valence-electron chi connectivity index (χ1n) is 5.42. The van der Waals surface area contributed by atoms with Gasteiger partial charge in [0.05, 0.1) is 5.69 Å². The summed E-state index contributed by atoms with van der Waals surface area (Å²) in [6, 6.07) is 10.3. The minimum absolute atomic E-state index is 0.285. The highest BCUT2D eigenvalue weighted by atomic mass is 35.5. The van der Waals surface area contributed by atoms with Gasteiger partial charge in [0.25, 0.3) is 0 Å². The van der Waals surface area contributed by atoms with Crippen molar-refractivity contribution in [3.05, 3.63) is 52.3 Å². The summed E-state index contributed by atoms with van der Waals surface area (Å²) in [6.07, 6.45) is 0. The van der Waals surface area contributed by atoms with Gasteiger partial charge in [-0.15, -0.1) is 0 Å². The Bertz CT molecular complexity index is 582. The number of anilines is 1. The number of rotatable bonds is 2. The van der Waals surface area contributed by atoms with Crippen molar-refractivity contribution in [2.75, 3.05) is 19.0 Å². The van der Waals surface area contributed by atoms with Gasteiger partial charge in [-0.05, 0) is 18.2 Å². The molecule has 2 aromatic rings. The Balaban J connectivity index is 2.61. The number of nitrogens with zero attached hydrogens (tertiary/aromatic N) is 1. The van der Waals surface area contributed by atoms with E-state index in [4.69, 9.17) is 23.2 Å². The molecule has 0 saturated heterocycles. The summed E-state index contributed by atoms with van der Waals surface area (Å²) < 4.78 is 14.4. The predicted molar refractivity (Wildman–Crippen MR) is 76.2 cm³/mol. The van der Waals surface area contributed by atoms with Crippen LogP contribution in [0, 0.1) is 5.82 Å². The van der Waals surface area contributed by atoms with Crippen LogP contribution in [0.25, 0.3) is 11.1 Å². The third-order valence-electron chi connectivity index (χ3n) is 2.68. The van der Waals surface area contributed by atoms with Gasteiger partial charge in [0.2, 0.25) is 0 Å². The Morgan fingerprint density at radius 3 is 2.33 bits per heavy atom. The molecular weight excluding hydrogens is 272 g/mol. The zero-order chi connectivity index (χ0) is 13.3. The molecule has 0 aromatic heterocycles. The highest BCUT2D eigenvalue weighted by Crippen LogP contribution is 2.34. The fraction of sp³-hybridized carbons (Fsp3) is 0.143. The quantitative estimate of drug-likeness (QED) is 0.760. The van der Waals surface area contributed by atoms with Crippen molar-refractivity contribution in [3.8, 4) is 11.1 Å². The molecule has 0 aliphatic rings. The van der Waals surface area contributed by atoms with Crippen molar-refractivity contribution >= 4 is 28.9 Å². The smallest absolute Gasteiger partial charge is 0.154 e. The van der Waals surface area contributed by atoms with Gasteiger partial charge < -0.3 is 4.90 Å². The van der Waals surface area contributed by atoms with Crippen molar-refractivity contribution in [2.45, 2.75) is 0 Å². The molecule has 0 fully saturated rings. The molecule has 0 radical (unpaired) electrons. The highest BCUT2D eigenvalue weighted by molar-refractivity contribution is 6.36. The third-order valence-corrected chi connectivity index (χ3v) is 3.23. The molecule has 0 saturated carbocycles. The fourth-order valence-corrected chi connectivity index (χ4v) is 2.29. The zero-order valence-corrected chi connectivity index (χ0v) is 11.6. The van der Waals surface area contributed by atoms with E-state index < -0.39 is 0 Å². The van der Waals surface area contributed by atoms with E-state index in [1.165, 1.54) is 0 Å². The van der Waals surface area contributed by atoms with Crippen LogP contribution in [0.5, 0.6) is 0 Å². The molecule has 0 heterocycles. The molecule has 0 aliphatic heterocycles. The Labute approximate surface area is 116 Å². The van der Waals surface area contributed by atoms with E-state index in [2.05, 4.69) is 0 Å². The molecule has 18 heavy (non-hydrogen) atoms. The lowest BCUT2D eigenvalue weighted by Gasteiger charge is -2.16. The summed E-state index contributed by atoms with van der Waals surface area (Å²) in [5.41, 5.74) is 1.64. The van der Waals surface area contributed by atoms with Crippen molar-refractivity contribution in [1.82, 2.24) is 0 Å². The molecule has 2 aromatic carbocycles. The number of hydrogen-bond acceptors (Lipinski definition) is 1. The lowest BCUT2D eigenvalue weighted by atomic mass is 10.0. The van der Waals surface area contributed by atoms with Crippen LogP contribution in [0.15, 0.2) is 36.4 Å². The van der Waals surface area contributed by atoms with Gasteiger partial charge >= 0.3 is 0 Å². The zero-order valence-electron chi connectivity index (χ0n) is 10.0. The molecule has 4 heteroatoms. The largest absolute Gasteiger partial charge is 0.375 e. The second kappa shape index (κ2) is 5.17. The second-order valence-corrected chi connectivity index (χ2v) is 5.00. The van der Waals surface area contributed by atoms with Gasteiger partial charge in [0, 0.05) is 35.3 Å². The molecular formula is C14H12Cl2FN. The Morgan fingerprint density at radius 1 is 1.00 bits per heavy atom. The van der Waals surface area contributed by atoms with E-state index in [9.17, 15) is 4.39 Å². The topological polar surface area (TPSA) is 3.24 Å². The Morgan fingerprint density at radius 2 is 1.72 bits per heavy atom. The van der Waals surface area contributed by atoms with Crippen molar-refractivity contribution in [2.24, 2.45) is 0 Å². The van der Waals surface area contributed by atoms with E-state index in [1.807, 2.05) is 0 Å². The molecule has 0 amide bonds. The SMILES string of the molecule is CN(C)c1cccc(-c2ccc(Cl)cc2Cl)c1F. The van der Waals surface area contributed by atoms with E-state index in [0.29, 0.717) is 26.9 Å². The number of benzene rings is 2. The number of halogens is 3. The third kappa shape index (κ3) is 2.45. The summed E-state index contributed by atoms with van der Waals surface area (Å²) in [5.74, 6) is -0.285. The first-order valence-corrected chi connectivity index (χ1v) is 6.17. The maximum atomic E-state index is 14.4. The van der Waals surface area contributed by atoms with Crippen LogP contribution in [0.2, 0.25) is 10.0 Å². The normalized spacial score (nSPS) is 10.5. The minimum Gasteiger partial charge on any atom is -0.375 e. The molecule has 94 valence electrons. The summed E-state index contributed by atoms with van der Waals surface area (Å²) >= 11 is 11.9. The first kappa shape index (κ1) is 13.2. The van der Waals surface area contributed by atoms with E-state index in [1.54, 1.807) is 55.4 Å². The monoisotopic (exact) mass is 283 g/mol. The van der Waals surface area contributed by atoms with Crippen LogP contribution in [0.3, 0.4) is 0 Å². The number of hydrogen-bond donors (Lipinski definition) is 0. The molecule has 0 unspecified atom stereocenters. The van der Waals surface area contributed by atoms with Crippen LogP contribution in [0.4, 0.5) is 10.1 Å². The molecule has 0 bridgehead atoms. The van der Waals surface area contributed by atoms with Gasteiger partial charge in [0.1, 0.15) is 0 Å². The van der Waals surface area contributed by atoms with E-state index in [-0.39, 0.29) is 5.82 Å². The van der Waals surface area contributed by atoms with Crippen LogP contribution >= 0.6 is 23.2 Å². The molecule has 0 atom stereocenters. The summed E-state index contributed by atoms with van der Waals surface area (Å²) in [6.45, 7) is 0. The second-order valence-electron chi connectivity index (χ2n) is 4.16. The summed E-state index contributed by atoms with van der Waals surface area (Å²) in [4.78, 5) is 1.72. The van der Waals surface area contributed by atoms with Gasteiger partial charge in [-0.3, -0.25) is 0 Å².